The fourth-order valence-corrected chi connectivity index (χ4v) is 1.77. The lowest BCUT2D eigenvalue weighted by Gasteiger charge is -2.04. The van der Waals surface area contributed by atoms with Crippen molar-refractivity contribution in [1.29, 1.82) is 0 Å². The molecule has 0 aliphatic heterocycles. The quantitative estimate of drug-likeness (QED) is 0.887. The van der Waals surface area contributed by atoms with Crippen LogP contribution in [0.5, 0.6) is 0 Å². The smallest absolute Gasteiger partial charge is 0.343 e. The van der Waals surface area contributed by atoms with E-state index in [-0.39, 0.29) is 11.3 Å². The molecule has 0 saturated heterocycles. The number of benzene rings is 1. The topological polar surface area (TPSA) is 71.4 Å². The highest BCUT2D eigenvalue weighted by atomic mass is 32.2. The van der Waals surface area contributed by atoms with Crippen LogP contribution in [0, 0.1) is 0 Å². The van der Waals surface area contributed by atoms with Gasteiger partial charge in [0.1, 0.15) is 0 Å². The molecule has 0 amide bonds. The van der Waals surface area contributed by atoms with Crippen LogP contribution in [0.3, 0.4) is 0 Å². The van der Waals surface area contributed by atoms with Crippen LogP contribution in [0.25, 0.3) is 6.08 Å². The lowest BCUT2D eigenvalue weighted by molar-refractivity contribution is -0.143. The van der Waals surface area contributed by atoms with Crippen molar-refractivity contribution in [2.75, 3.05) is 12.0 Å². The molecular weight excluding hydrogens is 259 g/mol. The second-order valence-electron chi connectivity index (χ2n) is 3.87. The Morgan fingerprint density at radius 3 is 2.72 bits per heavy atom. The molecule has 1 atom stereocenters. The first-order valence-corrected chi connectivity index (χ1v) is 7.17. The molecular formula is C12H13FO4S. The van der Waals surface area contributed by atoms with E-state index < -0.39 is 22.0 Å². The number of halogens is 1. The van der Waals surface area contributed by atoms with Crippen molar-refractivity contribution in [1.82, 2.24) is 0 Å². The first-order chi connectivity index (χ1) is 8.29. The molecule has 1 rings (SSSR count). The van der Waals surface area contributed by atoms with Crippen molar-refractivity contribution in [3.8, 4) is 0 Å². The first-order valence-electron chi connectivity index (χ1n) is 5.11. The van der Waals surface area contributed by atoms with Crippen LogP contribution < -0.4 is 0 Å². The van der Waals surface area contributed by atoms with Gasteiger partial charge >= 0.3 is 5.97 Å². The number of hydrogen-bond donors (Lipinski definition) is 1. The molecule has 0 bridgehead atoms. The van der Waals surface area contributed by atoms with Crippen molar-refractivity contribution in [2.45, 2.75) is 6.17 Å². The predicted octanol–water partition coefficient (Wildman–Crippen LogP) is 1.84. The lowest BCUT2D eigenvalue weighted by atomic mass is 10.1. The number of carboxylic acids is 1. The molecule has 18 heavy (non-hydrogen) atoms. The van der Waals surface area contributed by atoms with Gasteiger partial charge in [0.25, 0.3) is 0 Å². The highest BCUT2D eigenvalue weighted by Crippen LogP contribution is 2.19. The van der Waals surface area contributed by atoms with Crippen LogP contribution in [0.15, 0.2) is 30.3 Å². The Balaban J connectivity index is 2.86. The monoisotopic (exact) mass is 272 g/mol. The van der Waals surface area contributed by atoms with Gasteiger partial charge in [-0.3, -0.25) is 0 Å². The predicted molar refractivity (Wildman–Crippen MR) is 66.7 cm³/mol. The van der Waals surface area contributed by atoms with Crippen molar-refractivity contribution in [3.63, 3.8) is 0 Å². The maximum atomic E-state index is 13.2. The molecule has 1 N–H and O–H groups in total. The third-order valence-corrected chi connectivity index (χ3v) is 2.93. The van der Waals surface area contributed by atoms with E-state index >= 15 is 0 Å². The first kappa shape index (κ1) is 14.4. The summed E-state index contributed by atoms with van der Waals surface area (Å²) in [6.07, 6.45) is 1.98. The summed E-state index contributed by atoms with van der Waals surface area (Å²) in [5, 5.41) is 8.54. The zero-order chi connectivity index (χ0) is 13.8. The molecule has 0 saturated carbocycles. The molecule has 0 heterocycles. The number of rotatable bonds is 5. The van der Waals surface area contributed by atoms with Gasteiger partial charge in [-0.05, 0) is 17.2 Å². The number of aliphatic carboxylic acids is 1. The Morgan fingerprint density at radius 1 is 1.50 bits per heavy atom. The van der Waals surface area contributed by atoms with Gasteiger partial charge in [-0.2, -0.15) is 0 Å². The van der Waals surface area contributed by atoms with Crippen molar-refractivity contribution >= 4 is 21.9 Å². The number of alkyl halides is 1. The number of carbonyl (C=O) groups is 1. The molecule has 1 aromatic carbocycles. The van der Waals surface area contributed by atoms with E-state index in [9.17, 15) is 17.6 Å². The Bertz CT molecular complexity index is 563. The van der Waals surface area contributed by atoms with Crippen LogP contribution >= 0.6 is 0 Å². The Kier molecular flexibility index (Phi) is 4.61. The van der Waals surface area contributed by atoms with Gasteiger partial charge in [-0.15, -0.1) is 0 Å². The van der Waals surface area contributed by atoms with Crippen molar-refractivity contribution < 1.29 is 22.7 Å². The summed E-state index contributed by atoms with van der Waals surface area (Å²) < 4.78 is 35.0. The Morgan fingerprint density at radius 2 is 2.17 bits per heavy atom. The Labute approximate surface area is 105 Å². The number of hydrogen-bond acceptors (Lipinski definition) is 3. The average Bonchev–Trinajstić information content (AvgIpc) is 2.26. The van der Waals surface area contributed by atoms with E-state index in [1.807, 2.05) is 0 Å². The van der Waals surface area contributed by atoms with E-state index in [0.717, 1.165) is 6.26 Å². The zero-order valence-corrected chi connectivity index (χ0v) is 10.5. The van der Waals surface area contributed by atoms with Gasteiger partial charge < -0.3 is 5.11 Å². The molecule has 98 valence electrons. The number of carboxylic acid groups (broad SMARTS) is 1. The third-order valence-electron chi connectivity index (χ3n) is 2.13. The molecule has 0 spiro atoms. The van der Waals surface area contributed by atoms with E-state index in [4.69, 9.17) is 5.11 Å². The van der Waals surface area contributed by atoms with Crippen LogP contribution in [0.4, 0.5) is 4.39 Å². The maximum absolute atomic E-state index is 13.2. The lowest BCUT2D eigenvalue weighted by Crippen LogP contribution is -2.05. The summed E-state index contributed by atoms with van der Waals surface area (Å²) >= 11 is 0. The zero-order valence-electron chi connectivity index (χ0n) is 9.71. The van der Waals surface area contributed by atoms with Crippen LogP contribution in [0.1, 0.15) is 17.3 Å². The van der Waals surface area contributed by atoms with E-state index in [2.05, 4.69) is 0 Å². The summed E-state index contributed by atoms with van der Waals surface area (Å²) in [7, 11) is -3.09. The summed E-state index contributed by atoms with van der Waals surface area (Å²) in [5.74, 6) is -1.66. The van der Waals surface area contributed by atoms with E-state index in [1.165, 1.54) is 30.4 Å². The largest absolute Gasteiger partial charge is 0.479 e. The van der Waals surface area contributed by atoms with E-state index in [0.29, 0.717) is 5.56 Å². The normalized spacial score (nSPS) is 13.7. The highest BCUT2D eigenvalue weighted by molar-refractivity contribution is 7.90. The minimum atomic E-state index is -3.09. The van der Waals surface area contributed by atoms with Gasteiger partial charge in [0.2, 0.25) is 6.17 Å². The molecule has 1 unspecified atom stereocenters. The summed E-state index contributed by atoms with van der Waals surface area (Å²) in [5.41, 5.74) is 0.587. The van der Waals surface area contributed by atoms with Crippen molar-refractivity contribution in [2.24, 2.45) is 0 Å². The van der Waals surface area contributed by atoms with Crippen LogP contribution in [-0.2, 0) is 14.6 Å². The fourth-order valence-electron chi connectivity index (χ4n) is 1.32. The summed E-state index contributed by atoms with van der Waals surface area (Å²) in [6, 6.07) is 5.89. The molecule has 0 fully saturated rings. The van der Waals surface area contributed by atoms with Crippen LogP contribution in [0.2, 0.25) is 0 Å². The Hall–Kier alpha value is -1.69. The summed E-state index contributed by atoms with van der Waals surface area (Å²) in [4.78, 5) is 10.5. The SMILES string of the molecule is CS(=O)(=O)CC=Cc1cccc(C(F)C(=O)O)c1. The van der Waals surface area contributed by atoms with Gasteiger partial charge in [0.15, 0.2) is 9.84 Å². The van der Waals surface area contributed by atoms with E-state index in [1.54, 1.807) is 6.07 Å². The molecule has 6 heteroatoms. The maximum Gasteiger partial charge on any atom is 0.343 e. The fraction of sp³-hybridized carbons (Fsp3) is 0.250. The molecule has 4 nitrogen and oxygen atoms in total. The molecule has 1 aromatic rings. The highest BCUT2D eigenvalue weighted by Gasteiger charge is 2.17. The molecule has 0 aromatic heterocycles. The minimum absolute atomic E-state index is 0.0315. The molecule has 0 radical (unpaired) electrons. The summed E-state index contributed by atoms with van der Waals surface area (Å²) in [6.45, 7) is 0. The third kappa shape index (κ3) is 4.67. The second kappa shape index (κ2) is 5.77. The molecule has 0 aliphatic rings. The van der Waals surface area contributed by atoms with Gasteiger partial charge in [-0.25, -0.2) is 17.6 Å². The molecule has 0 aliphatic carbocycles. The average molecular weight is 272 g/mol. The number of sulfone groups is 1. The van der Waals surface area contributed by atoms with Gasteiger partial charge in [-0.1, -0.05) is 30.4 Å². The van der Waals surface area contributed by atoms with Gasteiger partial charge in [0, 0.05) is 6.26 Å². The second-order valence-corrected chi connectivity index (χ2v) is 6.05. The standard InChI is InChI=1S/C12H13FO4S/c1-18(16,17)7-3-5-9-4-2-6-10(8-9)11(13)12(14)15/h2-6,8,11H,7H2,1H3,(H,14,15). The van der Waals surface area contributed by atoms with Crippen LogP contribution in [-0.4, -0.2) is 31.5 Å². The minimum Gasteiger partial charge on any atom is -0.479 e. The van der Waals surface area contributed by atoms with Gasteiger partial charge in [0.05, 0.1) is 5.75 Å². The van der Waals surface area contributed by atoms with Crippen molar-refractivity contribution in [3.05, 3.63) is 41.5 Å².